The molecule has 32 heavy (non-hydrogen) atoms. The van der Waals surface area contributed by atoms with Gasteiger partial charge >= 0.3 is 0 Å². The molecule has 5 nitrogen and oxygen atoms in total. The topological polar surface area (TPSA) is 45.9 Å². The van der Waals surface area contributed by atoms with Crippen LogP contribution in [0.5, 0.6) is 5.75 Å². The second kappa shape index (κ2) is 8.60. The van der Waals surface area contributed by atoms with Crippen molar-refractivity contribution in [3.63, 3.8) is 0 Å². The molecule has 5 rings (SSSR count). The van der Waals surface area contributed by atoms with E-state index in [0.717, 1.165) is 43.0 Å². The fraction of sp³-hybridized carbons (Fsp3) is 0.192. The first-order valence-corrected chi connectivity index (χ1v) is 11.0. The second-order valence-corrected chi connectivity index (χ2v) is 8.28. The number of furan rings is 1. The summed E-state index contributed by atoms with van der Waals surface area (Å²) in [6, 6.07) is 23.0. The van der Waals surface area contributed by atoms with Crippen LogP contribution in [0.4, 0.5) is 11.4 Å². The van der Waals surface area contributed by atoms with Crippen LogP contribution < -0.4 is 14.5 Å². The van der Waals surface area contributed by atoms with Gasteiger partial charge in [0, 0.05) is 53.5 Å². The zero-order chi connectivity index (χ0) is 22.1. The van der Waals surface area contributed by atoms with Crippen molar-refractivity contribution in [1.29, 1.82) is 0 Å². The van der Waals surface area contributed by atoms with E-state index in [1.807, 2.05) is 36.4 Å². The van der Waals surface area contributed by atoms with Gasteiger partial charge in [0.2, 0.25) is 5.78 Å². The van der Waals surface area contributed by atoms with Crippen LogP contribution in [-0.2, 0) is 0 Å². The number of carbonyl (C=O) groups is 1. The zero-order valence-electron chi connectivity index (χ0n) is 17.8. The van der Waals surface area contributed by atoms with Gasteiger partial charge in [0.05, 0.1) is 7.11 Å². The highest BCUT2D eigenvalue weighted by Crippen LogP contribution is 2.26. The van der Waals surface area contributed by atoms with Gasteiger partial charge in [-0.3, -0.25) is 4.79 Å². The predicted octanol–water partition coefficient (Wildman–Crippen LogP) is 5.65. The molecule has 2 heterocycles. The number of fused-ring (bicyclic) bond motifs is 1. The Kier molecular flexibility index (Phi) is 5.50. The van der Waals surface area contributed by atoms with E-state index in [-0.39, 0.29) is 5.78 Å². The Morgan fingerprint density at radius 1 is 0.844 bits per heavy atom. The molecule has 0 bridgehead atoms. The number of hydrogen-bond acceptors (Lipinski definition) is 5. The molecule has 1 aliphatic heterocycles. The summed E-state index contributed by atoms with van der Waals surface area (Å²) in [6.07, 6.45) is 0. The summed E-state index contributed by atoms with van der Waals surface area (Å²) >= 11 is 6.03. The van der Waals surface area contributed by atoms with E-state index in [2.05, 4.69) is 21.9 Å². The lowest BCUT2D eigenvalue weighted by atomic mass is 10.1. The first-order chi connectivity index (χ1) is 15.6. The summed E-state index contributed by atoms with van der Waals surface area (Å²) in [5.74, 6) is 1.06. The third kappa shape index (κ3) is 4.04. The Morgan fingerprint density at radius 2 is 1.44 bits per heavy atom. The van der Waals surface area contributed by atoms with Gasteiger partial charge < -0.3 is 19.0 Å². The molecule has 0 atom stereocenters. The molecule has 0 spiro atoms. The molecule has 0 radical (unpaired) electrons. The maximum absolute atomic E-state index is 12.9. The number of hydrogen-bond donors (Lipinski definition) is 0. The molecule has 0 N–H and O–H groups in total. The minimum absolute atomic E-state index is 0.131. The van der Waals surface area contributed by atoms with E-state index in [1.54, 1.807) is 31.4 Å². The fourth-order valence-electron chi connectivity index (χ4n) is 4.11. The van der Waals surface area contributed by atoms with Crippen molar-refractivity contribution in [2.24, 2.45) is 0 Å². The van der Waals surface area contributed by atoms with E-state index in [9.17, 15) is 4.79 Å². The highest BCUT2D eigenvalue weighted by molar-refractivity contribution is 6.31. The smallest absolute Gasteiger partial charge is 0.228 e. The third-order valence-corrected chi connectivity index (χ3v) is 6.15. The largest absolute Gasteiger partial charge is 0.497 e. The minimum Gasteiger partial charge on any atom is -0.497 e. The van der Waals surface area contributed by atoms with Crippen molar-refractivity contribution >= 4 is 39.7 Å². The van der Waals surface area contributed by atoms with Crippen LogP contribution in [0.25, 0.3) is 11.0 Å². The van der Waals surface area contributed by atoms with Crippen molar-refractivity contribution in [2.75, 3.05) is 43.1 Å². The quantitative estimate of drug-likeness (QED) is 0.370. The number of carbonyl (C=O) groups excluding carboxylic acids is 1. The van der Waals surface area contributed by atoms with Crippen molar-refractivity contribution in [1.82, 2.24) is 0 Å². The average molecular weight is 447 g/mol. The van der Waals surface area contributed by atoms with Crippen molar-refractivity contribution in [3.8, 4) is 5.75 Å². The normalized spacial score (nSPS) is 14.1. The summed E-state index contributed by atoms with van der Waals surface area (Å²) in [4.78, 5) is 17.6. The minimum atomic E-state index is -0.131. The molecule has 6 heteroatoms. The third-order valence-electron chi connectivity index (χ3n) is 5.91. The number of rotatable bonds is 5. The second-order valence-electron chi connectivity index (χ2n) is 7.84. The van der Waals surface area contributed by atoms with E-state index in [1.165, 1.54) is 5.69 Å². The lowest BCUT2D eigenvalue weighted by molar-refractivity contribution is 0.101. The highest BCUT2D eigenvalue weighted by Gasteiger charge is 2.19. The molecule has 0 aliphatic carbocycles. The molecule has 1 aromatic heterocycles. The van der Waals surface area contributed by atoms with E-state index in [0.29, 0.717) is 21.9 Å². The van der Waals surface area contributed by atoms with Gasteiger partial charge in [-0.1, -0.05) is 11.6 Å². The number of ketones is 1. The molecule has 0 saturated carbocycles. The van der Waals surface area contributed by atoms with Gasteiger partial charge in [0.15, 0.2) is 5.76 Å². The number of halogens is 1. The van der Waals surface area contributed by atoms with Crippen LogP contribution in [-0.4, -0.2) is 39.1 Å². The number of nitrogens with zero attached hydrogens (tertiary/aromatic N) is 2. The highest BCUT2D eigenvalue weighted by atomic mass is 35.5. The Morgan fingerprint density at radius 3 is 2.03 bits per heavy atom. The van der Waals surface area contributed by atoms with Crippen molar-refractivity contribution in [3.05, 3.63) is 89.1 Å². The molecule has 0 unspecified atom stereocenters. The number of methoxy groups -OCH3 is 1. The average Bonchev–Trinajstić information content (AvgIpc) is 3.27. The van der Waals surface area contributed by atoms with Crippen LogP contribution in [0.3, 0.4) is 0 Å². The molecule has 1 aliphatic rings. The van der Waals surface area contributed by atoms with Crippen LogP contribution in [0.15, 0.2) is 77.2 Å². The number of ether oxygens (including phenoxy) is 1. The van der Waals surface area contributed by atoms with Crippen LogP contribution in [0, 0.1) is 0 Å². The van der Waals surface area contributed by atoms with Gasteiger partial charge in [0.1, 0.15) is 11.3 Å². The van der Waals surface area contributed by atoms with Gasteiger partial charge in [-0.15, -0.1) is 0 Å². The summed E-state index contributed by atoms with van der Waals surface area (Å²) in [5.41, 5.74) is 3.59. The fourth-order valence-corrected chi connectivity index (χ4v) is 4.29. The molecule has 3 aromatic carbocycles. The van der Waals surface area contributed by atoms with Crippen LogP contribution in [0.1, 0.15) is 16.1 Å². The molecule has 4 aromatic rings. The monoisotopic (exact) mass is 446 g/mol. The Hall–Kier alpha value is -3.44. The Labute approximate surface area is 191 Å². The summed E-state index contributed by atoms with van der Waals surface area (Å²) in [6.45, 7) is 3.72. The lowest BCUT2D eigenvalue weighted by Crippen LogP contribution is -2.46. The summed E-state index contributed by atoms with van der Waals surface area (Å²) in [7, 11) is 1.68. The van der Waals surface area contributed by atoms with Crippen LogP contribution >= 0.6 is 11.6 Å². The molecular weight excluding hydrogens is 424 g/mol. The SMILES string of the molecule is COc1ccc(N2CCN(c3ccc(C(=O)c4cc5cc(Cl)ccc5o4)cc3)CC2)cc1. The maximum atomic E-state index is 12.9. The predicted molar refractivity (Wildman–Crippen MR) is 129 cm³/mol. The maximum Gasteiger partial charge on any atom is 0.228 e. The zero-order valence-corrected chi connectivity index (χ0v) is 18.5. The lowest BCUT2D eigenvalue weighted by Gasteiger charge is -2.37. The van der Waals surface area contributed by atoms with E-state index < -0.39 is 0 Å². The van der Waals surface area contributed by atoms with Crippen LogP contribution in [0.2, 0.25) is 5.02 Å². The van der Waals surface area contributed by atoms with Crippen molar-refractivity contribution < 1.29 is 13.9 Å². The molecule has 1 fully saturated rings. The Bertz CT molecular complexity index is 1240. The first-order valence-electron chi connectivity index (χ1n) is 10.6. The van der Waals surface area contributed by atoms with E-state index in [4.69, 9.17) is 20.8 Å². The molecule has 0 amide bonds. The van der Waals surface area contributed by atoms with Gasteiger partial charge in [-0.25, -0.2) is 0 Å². The van der Waals surface area contributed by atoms with Crippen molar-refractivity contribution in [2.45, 2.75) is 0 Å². The number of anilines is 2. The van der Waals surface area contributed by atoms with Gasteiger partial charge in [-0.2, -0.15) is 0 Å². The Balaban J connectivity index is 1.25. The van der Waals surface area contributed by atoms with Gasteiger partial charge in [-0.05, 0) is 72.8 Å². The summed E-state index contributed by atoms with van der Waals surface area (Å²) in [5, 5.41) is 1.45. The number of benzene rings is 3. The van der Waals surface area contributed by atoms with Gasteiger partial charge in [0.25, 0.3) is 0 Å². The first kappa shape index (κ1) is 20.5. The van der Waals surface area contributed by atoms with E-state index >= 15 is 0 Å². The molecule has 1 saturated heterocycles. The molecular formula is C26H23ClN2O3. The summed E-state index contributed by atoms with van der Waals surface area (Å²) < 4.78 is 11.0. The standard InChI is InChI=1S/C26H23ClN2O3/c1-31-23-9-7-22(8-10-23)29-14-12-28(13-15-29)21-5-2-18(3-6-21)26(30)25-17-19-16-20(27)4-11-24(19)32-25/h2-11,16-17H,12-15H2,1H3. The number of piperazine rings is 1. The molecule has 162 valence electrons.